The van der Waals surface area contributed by atoms with Crippen LogP contribution in [0.4, 0.5) is 0 Å². The van der Waals surface area contributed by atoms with E-state index in [0.717, 1.165) is 29.1 Å². The van der Waals surface area contributed by atoms with Crippen LogP contribution in [0.2, 0.25) is 0 Å². The van der Waals surface area contributed by atoms with E-state index in [9.17, 15) is 9.90 Å². The number of nitrogens with zero attached hydrogens (tertiary/aromatic N) is 4. The number of aliphatic hydroxyl groups is 1. The third kappa shape index (κ3) is 2.75. The molecule has 1 fully saturated rings. The number of carbonyl (C=O) groups is 1. The zero-order valence-corrected chi connectivity index (χ0v) is 14.9. The Balaban J connectivity index is 1.84. The Hall–Kier alpha value is -2.08. The van der Waals surface area contributed by atoms with E-state index >= 15 is 0 Å². The van der Waals surface area contributed by atoms with Crippen molar-refractivity contribution in [3.05, 3.63) is 41.0 Å². The number of aryl methyl sites for hydroxylation is 2. The Morgan fingerprint density at radius 3 is 2.67 bits per heavy atom. The highest BCUT2D eigenvalue weighted by Crippen LogP contribution is 2.33. The maximum Gasteiger partial charge on any atom is 0.255 e. The van der Waals surface area contributed by atoms with Gasteiger partial charge in [0.05, 0.1) is 11.8 Å². The second kappa shape index (κ2) is 6.43. The molecular formula is C18H26N4O2. The summed E-state index contributed by atoms with van der Waals surface area (Å²) >= 11 is 0. The number of aromatic nitrogens is 3. The summed E-state index contributed by atoms with van der Waals surface area (Å²) in [5.74, 6) is 0.266. The molecule has 0 saturated carbocycles. The molecule has 1 N–H and O–H groups in total. The first-order chi connectivity index (χ1) is 11.5. The number of rotatable bonds is 4. The topological polar surface area (TPSA) is 63.3 Å². The van der Waals surface area contributed by atoms with Crippen LogP contribution in [0.3, 0.4) is 0 Å². The van der Waals surface area contributed by atoms with Crippen molar-refractivity contribution in [1.29, 1.82) is 0 Å². The minimum atomic E-state index is 0.0626. The van der Waals surface area contributed by atoms with Gasteiger partial charge in [-0.1, -0.05) is 0 Å². The normalized spacial score (nSPS) is 20.8. The first kappa shape index (κ1) is 16.8. The zero-order chi connectivity index (χ0) is 17.4. The molecule has 1 saturated heterocycles. The highest BCUT2D eigenvalue weighted by molar-refractivity contribution is 5.96. The van der Waals surface area contributed by atoms with Crippen LogP contribution in [0, 0.1) is 19.8 Å². The molecule has 0 spiro atoms. The average Bonchev–Trinajstić information content (AvgIpc) is 3.24. The highest BCUT2D eigenvalue weighted by Gasteiger charge is 2.37. The number of hydrogen-bond acceptors (Lipinski definition) is 3. The Labute approximate surface area is 142 Å². The summed E-state index contributed by atoms with van der Waals surface area (Å²) in [7, 11) is 1.88. The van der Waals surface area contributed by atoms with Crippen molar-refractivity contribution < 1.29 is 9.90 Å². The quantitative estimate of drug-likeness (QED) is 0.928. The first-order valence-electron chi connectivity index (χ1n) is 8.51. The molecule has 2 aromatic rings. The number of amides is 1. The standard InChI is InChI=1S/C18H26N4O2/c1-5-22-12(2)6-16(13(22)3)18(24)21-9-15(11-23)17(10-21)14-7-19-20(4)8-14/h6-8,15,17,23H,5,9-11H2,1-4H3/t15-,17-/m0/s1. The highest BCUT2D eigenvalue weighted by atomic mass is 16.3. The van der Waals surface area contributed by atoms with Crippen LogP contribution in [-0.4, -0.2) is 50.0 Å². The van der Waals surface area contributed by atoms with E-state index in [4.69, 9.17) is 0 Å². The van der Waals surface area contributed by atoms with Gasteiger partial charge in [0, 0.05) is 62.7 Å². The second-order valence-corrected chi connectivity index (χ2v) is 6.74. The lowest BCUT2D eigenvalue weighted by molar-refractivity contribution is 0.0780. The van der Waals surface area contributed by atoms with Crippen LogP contribution in [0.5, 0.6) is 0 Å². The molecule has 1 amide bonds. The minimum absolute atomic E-state index is 0.0626. The number of likely N-dealkylation sites (tertiary alicyclic amines) is 1. The van der Waals surface area contributed by atoms with Crippen LogP contribution < -0.4 is 0 Å². The summed E-state index contributed by atoms with van der Waals surface area (Å²) < 4.78 is 3.93. The van der Waals surface area contributed by atoms with Gasteiger partial charge < -0.3 is 14.6 Å². The maximum absolute atomic E-state index is 13.0. The smallest absolute Gasteiger partial charge is 0.255 e. The fourth-order valence-corrected chi connectivity index (χ4v) is 3.91. The number of aliphatic hydroxyl groups excluding tert-OH is 1. The van der Waals surface area contributed by atoms with Crippen molar-refractivity contribution in [2.24, 2.45) is 13.0 Å². The lowest BCUT2D eigenvalue weighted by atomic mass is 9.92. The molecule has 0 radical (unpaired) electrons. The summed E-state index contributed by atoms with van der Waals surface area (Å²) in [6.45, 7) is 8.29. The lowest BCUT2D eigenvalue weighted by Crippen LogP contribution is -2.29. The van der Waals surface area contributed by atoms with E-state index in [0.29, 0.717) is 13.1 Å². The van der Waals surface area contributed by atoms with Gasteiger partial charge in [0.25, 0.3) is 5.91 Å². The average molecular weight is 330 g/mol. The van der Waals surface area contributed by atoms with Crippen LogP contribution in [-0.2, 0) is 13.6 Å². The molecule has 0 bridgehead atoms. The summed E-state index contributed by atoms with van der Waals surface area (Å²) in [6, 6.07) is 1.98. The molecule has 6 heteroatoms. The molecule has 0 aliphatic carbocycles. The van der Waals surface area contributed by atoms with Crippen molar-refractivity contribution in [2.75, 3.05) is 19.7 Å². The van der Waals surface area contributed by atoms with Crippen molar-refractivity contribution in [3.63, 3.8) is 0 Å². The summed E-state index contributed by atoms with van der Waals surface area (Å²) in [6.07, 6.45) is 3.81. The zero-order valence-electron chi connectivity index (χ0n) is 14.9. The third-order valence-corrected chi connectivity index (χ3v) is 5.24. The van der Waals surface area contributed by atoms with Gasteiger partial charge in [0.2, 0.25) is 0 Å². The summed E-state index contributed by atoms with van der Waals surface area (Å²) in [5, 5.41) is 14.0. The van der Waals surface area contributed by atoms with Gasteiger partial charge in [-0.05, 0) is 32.4 Å². The molecule has 24 heavy (non-hydrogen) atoms. The van der Waals surface area contributed by atoms with Crippen LogP contribution >= 0.6 is 0 Å². The molecule has 2 aromatic heterocycles. The Morgan fingerprint density at radius 1 is 1.38 bits per heavy atom. The second-order valence-electron chi connectivity index (χ2n) is 6.74. The summed E-state index contributed by atoms with van der Waals surface area (Å²) in [4.78, 5) is 14.9. The number of hydrogen-bond donors (Lipinski definition) is 1. The molecule has 6 nitrogen and oxygen atoms in total. The summed E-state index contributed by atoms with van der Waals surface area (Å²) in [5.41, 5.74) is 3.99. The van der Waals surface area contributed by atoms with E-state index in [1.54, 1.807) is 4.68 Å². The van der Waals surface area contributed by atoms with Gasteiger partial charge >= 0.3 is 0 Å². The molecule has 1 aliphatic rings. The molecule has 3 heterocycles. The van der Waals surface area contributed by atoms with Gasteiger partial charge in [-0.25, -0.2) is 0 Å². The van der Waals surface area contributed by atoms with Crippen LogP contribution in [0.15, 0.2) is 18.5 Å². The van der Waals surface area contributed by atoms with Gasteiger partial charge in [-0.2, -0.15) is 5.10 Å². The molecule has 3 rings (SSSR count). The molecule has 130 valence electrons. The van der Waals surface area contributed by atoms with Crippen LogP contribution in [0.25, 0.3) is 0 Å². The van der Waals surface area contributed by atoms with Crippen molar-refractivity contribution in [2.45, 2.75) is 33.2 Å². The van der Waals surface area contributed by atoms with E-state index in [1.165, 1.54) is 0 Å². The molecule has 2 atom stereocenters. The fourth-order valence-electron chi connectivity index (χ4n) is 3.91. The first-order valence-corrected chi connectivity index (χ1v) is 8.51. The monoisotopic (exact) mass is 330 g/mol. The van der Waals surface area contributed by atoms with Crippen LogP contribution in [0.1, 0.15) is 40.2 Å². The fraction of sp³-hybridized carbons (Fsp3) is 0.556. The Morgan fingerprint density at radius 2 is 2.12 bits per heavy atom. The SMILES string of the molecule is CCn1c(C)cc(C(=O)N2C[C@@H](CO)[C@H](c3cnn(C)c3)C2)c1C. The van der Waals surface area contributed by atoms with Gasteiger partial charge in [-0.15, -0.1) is 0 Å². The van der Waals surface area contributed by atoms with E-state index < -0.39 is 0 Å². The molecule has 0 unspecified atom stereocenters. The third-order valence-electron chi connectivity index (χ3n) is 5.24. The van der Waals surface area contributed by atoms with Crippen molar-refractivity contribution in [1.82, 2.24) is 19.2 Å². The minimum Gasteiger partial charge on any atom is -0.396 e. The van der Waals surface area contributed by atoms with Gasteiger partial charge in [0.15, 0.2) is 0 Å². The van der Waals surface area contributed by atoms with Crippen molar-refractivity contribution >= 4 is 5.91 Å². The van der Waals surface area contributed by atoms with Gasteiger partial charge in [-0.3, -0.25) is 9.48 Å². The molecule has 1 aliphatic heterocycles. The maximum atomic E-state index is 13.0. The Bertz CT molecular complexity index is 746. The molecule has 0 aromatic carbocycles. The van der Waals surface area contributed by atoms with E-state index in [-0.39, 0.29) is 24.3 Å². The van der Waals surface area contributed by atoms with E-state index in [2.05, 4.69) is 16.6 Å². The predicted octanol–water partition coefficient (Wildman–Crippen LogP) is 1.71. The van der Waals surface area contributed by atoms with E-state index in [1.807, 2.05) is 44.3 Å². The van der Waals surface area contributed by atoms with Crippen molar-refractivity contribution in [3.8, 4) is 0 Å². The Kier molecular flexibility index (Phi) is 4.49. The predicted molar refractivity (Wildman–Crippen MR) is 92.0 cm³/mol. The largest absolute Gasteiger partial charge is 0.396 e. The molecular weight excluding hydrogens is 304 g/mol. The lowest BCUT2D eigenvalue weighted by Gasteiger charge is -2.16. The number of carbonyl (C=O) groups excluding carboxylic acids is 1. The van der Waals surface area contributed by atoms with Gasteiger partial charge in [0.1, 0.15) is 0 Å².